The molecule has 242 valence electrons. The summed E-state index contributed by atoms with van der Waals surface area (Å²) in [5, 5.41) is 10.9. The number of esters is 1. The molecule has 5 aromatic rings. The van der Waals surface area contributed by atoms with Gasteiger partial charge in [0.25, 0.3) is 0 Å². The van der Waals surface area contributed by atoms with Crippen molar-refractivity contribution in [1.82, 2.24) is 25.1 Å². The van der Waals surface area contributed by atoms with Crippen molar-refractivity contribution in [3.05, 3.63) is 96.2 Å². The van der Waals surface area contributed by atoms with E-state index >= 15 is 0 Å². The first-order valence-electron chi connectivity index (χ1n) is 15.1. The third kappa shape index (κ3) is 8.75. The smallest absolute Gasteiger partial charge is 0.407 e. The fourth-order valence-corrected chi connectivity index (χ4v) is 4.85. The van der Waals surface area contributed by atoms with E-state index < -0.39 is 29.4 Å². The molecule has 0 saturated carbocycles. The van der Waals surface area contributed by atoms with Crippen LogP contribution in [0.4, 0.5) is 14.9 Å². The van der Waals surface area contributed by atoms with E-state index in [2.05, 4.69) is 20.6 Å². The quantitative estimate of drug-likeness (QED) is 0.134. The van der Waals surface area contributed by atoms with Gasteiger partial charge in [0.15, 0.2) is 0 Å². The largest absolute Gasteiger partial charge is 0.462 e. The second kappa shape index (κ2) is 14.2. The van der Waals surface area contributed by atoms with Gasteiger partial charge in [-0.1, -0.05) is 24.3 Å². The molecule has 0 spiro atoms. The normalized spacial score (nSPS) is 11.3. The summed E-state index contributed by atoms with van der Waals surface area (Å²) >= 11 is 0. The summed E-state index contributed by atoms with van der Waals surface area (Å²) in [6.07, 6.45) is 3.25. The monoisotopic (exact) mass is 638 g/mol. The van der Waals surface area contributed by atoms with Crippen LogP contribution in [0, 0.1) is 12.7 Å². The van der Waals surface area contributed by atoms with E-state index in [9.17, 15) is 18.8 Å². The number of fused-ring (bicyclic) bond motifs is 1. The summed E-state index contributed by atoms with van der Waals surface area (Å²) < 4.78 is 26.4. The van der Waals surface area contributed by atoms with Gasteiger partial charge >= 0.3 is 12.1 Å². The van der Waals surface area contributed by atoms with E-state index in [4.69, 9.17) is 14.6 Å². The van der Waals surface area contributed by atoms with Crippen LogP contribution in [0.3, 0.4) is 0 Å². The van der Waals surface area contributed by atoms with Crippen LogP contribution in [0.1, 0.15) is 43.2 Å². The maximum absolute atomic E-state index is 14.5. The van der Waals surface area contributed by atoms with Gasteiger partial charge in [-0.3, -0.25) is 19.4 Å². The zero-order valence-corrected chi connectivity index (χ0v) is 26.5. The Morgan fingerprint density at radius 2 is 1.79 bits per heavy atom. The highest BCUT2D eigenvalue weighted by Gasteiger charge is 2.19. The lowest BCUT2D eigenvalue weighted by molar-refractivity contribution is -0.116. The van der Waals surface area contributed by atoms with Gasteiger partial charge in [0.1, 0.15) is 23.7 Å². The number of rotatable bonds is 10. The van der Waals surface area contributed by atoms with E-state index in [1.165, 1.54) is 10.7 Å². The standard InChI is InChI=1S/C35H35FN6O5/c1-22-9-7-12-30(39-22)32-28(26-13-15-37-29-11-6-5-10-27(26)29)20-42(41-32)21-31(43)40-25-18-23(17-24(36)19-25)33(44)46-16-8-14-38-34(45)47-35(2,3)4/h5-7,9-13,15,17-20H,8,14,16,21H2,1-4H3,(H,38,45)(H,40,43). The molecule has 2 N–H and O–H groups in total. The molecule has 0 bridgehead atoms. The van der Waals surface area contributed by atoms with Crippen LogP contribution < -0.4 is 10.6 Å². The zero-order valence-electron chi connectivity index (χ0n) is 26.5. The number of amides is 2. The number of pyridine rings is 2. The van der Waals surface area contributed by atoms with E-state index in [0.29, 0.717) is 17.8 Å². The Hall–Kier alpha value is -5.65. The molecule has 0 radical (unpaired) electrons. The van der Waals surface area contributed by atoms with Gasteiger partial charge in [-0.15, -0.1) is 0 Å². The van der Waals surface area contributed by atoms with Gasteiger partial charge in [-0.25, -0.2) is 14.0 Å². The van der Waals surface area contributed by atoms with Crippen LogP contribution in [0.2, 0.25) is 0 Å². The zero-order chi connectivity index (χ0) is 33.6. The topological polar surface area (TPSA) is 137 Å². The van der Waals surface area contributed by atoms with E-state index in [1.807, 2.05) is 55.5 Å². The predicted molar refractivity (Wildman–Crippen MR) is 175 cm³/mol. The van der Waals surface area contributed by atoms with E-state index in [1.54, 1.807) is 33.2 Å². The minimum Gasteiger partial charge on any atom is -0.462 e. The van der Waals surface area contributed by atoms with Gasteiger partial charge in [0.2, 0.25) is 5.91 Å². The molecule has 0 aliphatic rings. The van der Waals surface area contributed by atoms with Gasteiger partial charge in [-0.05, 0) is 82.1 Å². The van der Waals surface area contributed by atoms with Crippen molar-refractivity contribution in [3.63, 3.8) is 0 Å². The summed E-state index contributed by atoms with van der Waals surface area (Å²) in [5.41, 5.74) is 3.92. The third-order valence-electron chi connectivity index (χ3n) is 6.78. The SMILES string of the molecule is Cc1cccc(-c2nn(CC(=O)Nc3cc(F)cc(C(=O)OCCCNC(=O)OC(C)(C)C)c3)cc2-c2ccnc3ccccc23)n1. The molecule has 0 aliphatic carbocycles. The number of aryl methyl sites for hydroxylation is 1. The molecular formula is C35H35FN6O5. The number of nitrogens with zero attached hydrogens (tertiary/aromatic N) is 4. The average molecular weight is 639 g/mol. The van der Waals surface area contributed by atoms with Crippen molar-refractivity contribution < 1.29 is 28.2 Å². The molecule has 47 heavy (non-hydrogen) atoms. The van der Waals surface area contributed by atoms with Crippen LogP contribution in [0.5, 0.6) is 0 Å². The second-order valence-corrected chi connectivity index (χ2v) is 11.8. The molecule has 12 heteroatoms. The number of anilines is 1. The van der Waals surface area contributed by atoms with Crippen LogP contribution in [0.25, 0.3) is 33.4 Å². The van der Waals surface area contributed by atoms with Crippen molar-refractivity contribution in [3.8, 4) is 22.5 Å². The molecule has 2 amide bonds. The lowest BCUT2D eigenvalue weighted by Gasteiger charge is -2.19. The molecular weight excluding hydrogens is 603 g/mol. The Bertz CT molecular complexity index is 1930. The Kier molecular flexibility index (Phi) is 9.88. The summed E-state index contributed by atoms with van der Waals surface area (Å²) in [6, 6.07) is 18.8. The third-order valence-corrected chi connectivity index (χ3v) is 6.78. The number of alkyl carbamates (subject to hydrolysis) is 1. The second-order valence-electron chi connectivity index (χ2n) is 11.8. The van der Waals surface area contributed by atoms with Crippen molar-refractivity contribution >= 4 is 34.6 Å². The average Bonchev–Trinajstić information content (AvgIpc) is 3.42. The number of carbonyl (C=O) groups is 3. The van der Waals surface area contributed by atoms with Crippen LogP contribution in [-0.2, 0) is 20.8 Å². The molecule has 11 nitrogen and oxygen atoms in total. The molecule has 0 aliphatic heterocycles. The highest BCUT2D eigenvalue weighted by molar-refractivity contribution is 5.98. The van der Waals surface area contributed by atoms with E-state index in [-0.39, 0.29) is 30.9 Å². The highest BCUT2D eigenvalue weighted by Crippen LogP contribution is 2.34. The van der Waals surface area contributed by atoms with Gasteiger partial charge in [0, 0.05) is 41.3 Å². The molecule has 0 fully saturated rings. The number of hydrogen-bond donors (Lipinski definition) is 2. The highest BCUT2D eigenvalue weighted by atomic mass is 19.1. The lowest BCUT2D eigenvalue weighted by atomic mass is 10.0. The number of hydrogen-bond acceptors (Lipinski definition) is 8. The molecule has 0 atom stereocenters. The van der Waals surface area contributed by atoms with Gasteiger partial charge < -0.3 is 20.1 Å². The van der Waals surface area contributed by atoms with Crippen LogP contribution >= 0.6 is 0 Å². The van der Waals surface area contributed by atoms with Gasteiger partial charge in [-0.2, -0.15) is 5.10 Å². The Labute approximate surface area is 271 Å². The maximum Gasteiger partial charge on any atom is 0.407 e. The summed E-state index contributed by atoms with van der Waals surface area (Å²) in [5.74, 6) is -1.98. The molecule has 0 saturated heterocycles. The molecule has 3 heterocycles. The molecule has 3 aromatic heterocycles. The number of para-hydroxylation sites is 1. The summed E-state index contributed by atoms with van der Waals surface area (Å²) in [6.45, 7) is 7.17. The number of aromatic nitrogens is 4. The van der Waals surface area contributed by atoms with Crippen molar-refractivity contribution in [2.75, 3.05) is 18.5 Å². The minimum absolute atomic E-state index is 0.0145. The van der Waals surface area contributed by atoms with Crippen molar-refractivity contribution in [2.24, 2.45) is 0 Å². The molecule has 2 aromatic carbocycles. The predicted octanol–water partition coefficient (Wildman–Crippen LogP) is 6.32. The maximum atomic E-state index is 14.5. The Morgan fingerprint density at radius 1 is 0.979 bits per heavy atom. The summed E-state index contributed by atoms with van der Waals surface area (Å²) in [7, 11) is 0. The first kappa shape index (κ1) is 32.7. The number of nitrogens with one attached hydrogen (secondary N) is 2. The number of benzene rings is 2. The lowest BCUT2D eigenvalue weighted by Crippen LogP contribution is -2.33. The van der Waals surface area contributed by atoms with Gasteiger partial charge in [0.05, 0.1) is 23.4 Å². The molecule has 5 rings (SSSR count). The number of ether oxygens (including phenoxy) is 2. The van der Waals surface area contributed by atoms with Crippen molar-refractivity contribution in [1.29, 1.82) is 0 Å². The molecule has 0 unspecified atom stereocenters. The minimum atomic E-state index is -0.770. The Morgan fingerprint density at radius 3 is 2.57 bits per heavy atom. The van der Waals surface area contributed by atoms with E-state index in [0.717, 1.165) is 39.9 Å². The Balaban J connectivity index is 1.27. The van der Waals surface area contributed by atoms with Crippen molar-refractivity contribution in [2.45, 2.75) is 46.3 Å². The fourth-order valence-electron chi connectivity index (χ4n) is 4.85. The first-order valence-corrected chi connectivity index (χ1v) is 15.1. The summed E-state index contributed by atoms with van der Waals surface area (Å²) in [4.78, 5) is 46.6. The first-order chi connectivity index (χ1) is 22.4. The van der Waals surface area contributed by atoms with Crippen LogP contribution in [0.15, 0.2) is 79.1 Å². The number of halogens is 1. The van der Waals surface area contributed by atoms with Crippen LogP contribution in [-0.4, -0.2) is 56.5 Å². The fraction of sp³-hybridized carbons (Fsp3) is 0.257. The number of carbonyl (C=O) groups excluding carboxylic acids is 3.